The first-order valence-electron chi connectivity index (χ1n) is 7.11. The second-order valence-corrected chi connectivity index (χ2v) is 6.30. The number of hydrogen-bond donors (Lipinski definition) is 2. The van der Waals surface area contributed by atoms with Crippen molar-refractivity contribution in [2.24, 2.45) is 0 Å². The topological polar surface area (TPSA) is 67.4 Å². The van der Waals surface area contributed by atoms with Crippen LogP contribution in [0, 0.1) is 13.8 Å². The third kappa shape index (κ3) is 7.89. The van der Waals surface area contributed by atoms with Gasteiger partial charge in [0.2, 0.25) is 5.91 Å². The van der Waals surface area contributed by atoms with E-state index in [0.717, 1.165) is 21.9 Å². The van der Waals surface area contributed by atoms with Crippen molar-refractivity contribution < 1.29 is 14.3 Å². The zero-order valence-electron chi connectivity index (χ0n) is 13.4. The Bertz CT molecular complexity index is 477. The van der Waals surface area contributed by atoms with Crippen molar-refractivity contribution >= 4 is 35.4 Å². The normalized spacial score (nSPS) is 10.1. The predicted molar refractivity (Wildman–Crippen MR) is 92.4 cm³/mol. The molecular formula is C15H25ClN2O3S. The Hall–Kier alpha value is -0.950. The van der Waals surface area contributed by atoms with E-state index in [2.05, 4.69) is 10.6 Å². The van der Waals surface area contributed by atoms with Gasteiger partial charge in [-0.25, -0.2) is 0 Å². The molecule has 1 aromatic heterocycles. The molecule has 1 aromatic rings. The Morgan fingerprint density at radius 2 is 1.91 bits per heavy atom. The van der Waals surface area contributed by atoms with Crippen LogP contribution in [0.5, 0.6) is 0 Å². The van der Waals surface area contributed by atoms with Crippen LogP contribution in [-0.4, -0.2) is 45.0 Å². The van der Waals surface area contributed by atoms with Crippen molar-refractivity contribution in [2.45, 2.75) is 26.7 Å². The van der Waals surface area contributed by atoms with Gasteiger partial charge in [-0.3, -0.25) is 9.59 Å². The van der Waals surface area contributed by atoms with E-state index in [-0.39, 0.29) is 36.9 Å². The summed E-state index contributed by atoms with van der Waals surface area (Å²) < 4.78 is 4.90. The molecule has 0 spiro atoms. The van der Waals surface area contributed by atoms with Crippen LogP contribution in [0.1, 0.15) is 33.0 Å². The molecule has 0 aliphatic rings. The molecule has 5 nitrogen and oxygen atoms in total. The molecule has 0 radical (unpaired) electrons. The molecule has 1 rings (SSSR count). The predicted octanol–water partition coefficient (Wildman–Crippen LogP) is 2.10. The molecule has 126 valence electrons. The summed E-state index contributed by atoms with van der Waals surface area (Å²) >= 11 is 1.62. The summed E-state index contributed by atoms with van der Waals surface area (Å²) in [6.45, 7) is 6.61. The zero-order valence-corrected chi connectivity index (χ0v) is 15.0. The second kappa shape index (κ2) is 11.6. The Kier molecular flexibility index (Phi) is 11.1. The Morgan fingerprint density at radius 3 is 2.50 bits per heavy atom. The third-order valence-electron chi connectivity index (χ3n) is 3.03. The standard InChI is InChI=1S/C15H24N2O3S.ClH/c1-11-10-13(12(2)21-11)14(18)4-5-15(19)17-7-6-16-8-9-20-3;/h10,16H,4-9H2,1-3H3,(H,17,19);1H. The van der Waals surface area contributed by atoms with Gasteiger partial charge in [-0.15, -0.1) is 23.7 Å². The quantitative estimate of drug-likeness (QED) is 0.502. The maximum absolute atomic E-state index is 12.0. The molecule has 1 heterocycles. The molecule has 0 bridgehead atoms. The summed E-state index contributed by atoms with van der Waals surface area (Å²) in [6, 6.07) is 1.90. The maximum Gasteiger partial charge on any atom is 0.220 e. The van der Waals surface area contributed by atoms with Gasteiger partial charge in [-0.05, 0) is 19.9 Å². The van der Waals surface area contributed by atoms with Crippen molar-refractivity contribution in [2.75, 3.05) is 33.4 Å². The summed E-state index contributed by atoms with van der Waals surface area (Å²) in [5, 5.41) is 5.93. The first kappa shape index (κ1) is 21.0. The number of ether oxygens (including phenoxy) is 1. The lowest BCUT2D eigenvalue weighted by molar-refractivity contribution is -0.121. The molecule has 0 fully saturated rings. The highest BCUT2D eigenvalue weighted by Gasteiger charge is 2.13. The third-order valence-corrected chi connectivity index (χ3v) is 3.99. The van der Waals surface area contributed by atoms with Crippen molar-refractivity contribution in [3.8, 4) is 0 Å². The van der Waals surface area contributed by atoms with Gasteiger partial charge >= 0.3 is 0 Å². The smallest absolute Gasteiger partial charge is 0.220 e. The Labute approximate surface area is 142 Å². The number of methoxy groups -OCH3 is 1. The molecule has 0 saturated carbocycles. The van der Waals surface area contributed by atoms with Crippen LogP contribution in [0.4, 0.5) is 0 Å². The number of carbonyl (C=O) groups excluding carboxylic acids is 2. The highest BCUT2D eigenvalue weighted by molar-refractivity contribution is 7.12. The summed E-state index contributed by atoms with van der Waals surface area (Å²) in [7, 11) is 1.65. The molecule has 0 unspecified atom stereocenters. The number of hydrogen-bond acceptors (Lipinski definition) is 5. The van der Waals surface area contributed by atoms with E-state index in [0.29, 0.717) is 19.7 Å². The van der Waals surface area contributed by atoms with E-state index in [1.807, 2.05) is 19.9 Å². The summed E-state index contributed by atoms with van der Waals surface area (Å²) in [5.74, 6) is -0.0354. The van der Waals surface area contributed by atoms with E-state index in [1.54, 1.807) is 18.4 Å². The largest absolute Gasteiger partial charge is 0.383 e. The van der Waals surface area contributed by atoms with Gasteiger partial charge in [-0.2, -0.15) is 0 Å². The Morgan fingerprint density at radius 1 is 1.18 bits per heavy atom. The highest BCUT2D eigenvalue weighted by atomic mass is 35.5. The van der Waals surface area contributed by atoms with E-state index in [1.165, 1.54) is 0 Å². The van der Waals surface area contributed by atoms with E-state index < -0.39 is 0 Å². The molecule has 1 amide bonds. The minimum absolute atomic E-state index is 0. The van der Waals surface area contributed by atoms with Crippen LogP contribution < -0.4 is 10.6 Å². The van der Waals surface area contributed by atoms with Crippen molar-refractivity contribution in [3.63, 3.8) is 0 Å². The van der Waals surface area contributed by atoms with Gasteiger partial charge in [0.15, 0.2) is 5.78 Å². The summed E-state index contributed by atoms with van der Waals surface area (Å²) in [4.78, 5) is 25.8. The number of ketones is 1. The monoisotopic (exact) mass is 348 g/mol. The molecular weight excluding hydrogens is 324 g/mol. The molecule has 0 aromatic carbocycles. The van der Waals surface area contributed by atoms with Gasteiger partial charge in [-0.1, -0.05) is 0 Å². The summed E-state index contributed by atoms with van der Waals surface area (Å²) in [5.41, 5.74) is 0.756. The van der Waals surface area contributed by atoms with E-state index >= 15 is 0 Å². The average molecular weight is 349 g/mol. The molecule has 7 heteroatoms. The van der Waals surface area contributed by atoms with Crippen LogP contribution in [0.3, 0.4) is 0 Å². The Balaban J connectivity index is 0.00000441. The number of thiophene rings is 1. The number of nitrogens with one attached hydrogen (secondary N) is 2. The number of carbonyl (C=O) groups is 2. The van der Waals surface area contributed by atoms with Crippen molar-refractivity contribution in [1.29, 1.82) is 0 Å². The average Bonchev–Trinajstić information content (AvgIpc) is 2.79. The van der Waals surface area contributed by atoms with Crippen LogP contribution >= 0.6 is 23.7 Å². The number of halogens is 1. The fourth-order valence-corrected chi connectivity index (χ4v) is 2.89. The van der Waals surface area contributed by atoms with Crippen molar-refractivity contribution in [3.05, 3.63) is 21.4 Å². The molecule has 0 atom stereocenters. The van der Waals surface area contributed by atoms with Crippen LogP contribution in [0.2, 0.25) is 0 Å². The SMILES string of the molecule is COCCNCCNC(=O)CCC(=O)c1cc(C)sc1C.Cl. The molecule has 2 N–H and O–H groups in total. The first-order valence-corrected chi connectivity index (χ1v) is 7.93. The molecule has 0 saturated heterocycles. The minimum atomic E-state index is -0.0819. The van der Waals surface area contributed by atoms with E-state index in [4.69, 9.17) is 4.74 Å². The molecule has 0 aliphatic carbocycles. The number of rotatable bonds is 10. The lowest BCUT2D eigenvalue weighted by Gasteiger charge is -2.06. The fourth-order valence-electron chi connectivity index (χ4n) is 1.95. The van der Waals surface area contributed by atoms with Gasteiger partial charge in [0.1, 0.15) is 0 Å². The second-order valence-electron chi connectivity index (χ2n) is 4.84. The first-order chi connectivity index (χ1) is 10.0. The van der Waals surface area contributed by atoms with Gasteiger partial charge in [0.05, 0.1) is 6.61 Å². The van der Waals surface area contributed by atoms with Gasteiger partial charge in [0.25, 0.3) is 0 Å². The lowest BCUT2D eigenvalue weighted by Crippen LogP contribution is -2.33. The van der Waals surface area contributed by atoms with Crippen LogP contribution in [-0.2, 0) is 9.53 Å². The molecule has 0 aliphatic heterocycles. The van der Waals surface area contributed by atoms with Gasteiger partial charge < -0.3 is 15.4 Å². The van der Waals surface area contributed by atoms with Gasteiger partial charge in [0, 0.05) is 54.9 Å². The highest BCUT2D eigenvalue weighted by Crippen LogP contribution is 2.22. The number of amides is 1. The van der Waals surface area contributed by atoms with Crippen molar-refractivity contribution in [1.82, 2.24) is 10.6 Å². The number of Topliss-reactive ketones (excluding diaryl/α,β-unsaturated/α-hetero) is 1. The minimum Gasteiger partial charge on any atom is -0.383 e. The molecule has 22 heavy (non-hydrogen) atoms. The maximum atomic E-state index is 12.0. The van der Waals surface area contributed by atoms with Crippen LogP contribution in [0.25, 0.3) is 0 Å². The summed E-state index contributed by atoms with van der Waals surface area (Å²) in [6.07, 6.45) is 0.505. The zero-order chi connectivity index (χ0) is 15.7. The fraction of sp³-hybridized carbons (Fsp3) is 0.600. The van der Waals surface area contributed by atoms with Crippen LogP contribution in [0.15, 0.2) is 6.07 Å². The number of aryl methyl sites for hydroxylation is 2. The van der Waals surface area contributed by atoms with E-state index in [9.17, 15) is 9.59 Å². The lowest BCUT2D eigenvalue weighted by atomic mass is 10.1.